The predicted octanol–water partition coefficient (Wildman–Crippen LogP) is 5.98. The molecule has 0 saturated heterocycles. The van der Waals surface area contributed by atoms with Crippen LogP contribution in [0.5, 0.6) is 11.5 Å². The lowest BCUT2D eigenvalue weighted by molar-refractivity contribution is -0.118. The second-order valence-corrected chi connectivity index (χ2v) is 9.83. The Morgan fingerprint density at radius 1 is 1.21 bits per heavy atom. The SMILES string of the molecule is CCCc1nc2ccc(Br)cc2c(=O)n1N=Cc1cc(Cl)cc(OC)c1OCC(=O)Nc1ccccc1C. The van der Waals surface area contributed by atoms with Crippen molar-refractivity contribution >= 4 is 56.2 Å². The van der Waals surface area contributed by atoms with Gasteiger partial charge in [-0.25, -0.2) is 4.98 Å². The summed E-state index contributed by atoms with van der Waals surface area (Å²) in [6, 6.07) is 16.0. The van der Waals surface area contributed by atoms with Crippen LogP contribution in [0.15, 0.2) is 69.0 Å². The van der Waals surface area contributed by atoms with Crippen LogP contribution >= 0.6 is 27.5 Å². The summed E-state index contributed by atoms with van der Waals surface area (Å²) < 4.78 is 13.4. The number of fused-ring (bicyclic) bond motifs is 1. The Labute approximate surface area is 233 Å². The monoisotopic (exact) mass is 596 g/mol. The van der Waals surface area contributed by atoms with E-state index in [2.05, 4.69) is 31.3 Å². The summed E-state index contributed by atoms with van der Waals surface area (Å²) in [4.78, 5) is 30.6. The highest BCUT2D eigenvalue weighted by molar-refractivity contribution is 9.10. The number of benzene rings is 3. The number of aryl methyl sites for hydroxylation is 2. The summed E-state index contributed by atoms with van der Waals surface area (Å²) in [5, 5.41) is 8.11. The number of halogens is 2. The third kappa shape index (κ3) is 6.23. The van der Waals surface area contributed by atoms with E-state index in [9.17, 15) is 9.59 Å². The first-order valence-electron chi connectivity index (χ1n) is 11.9. The van der Waals surface area contributed by atoms with Gasteiger partial charge in [0.15, 0.2) is 18.1 Å². The molecule has 4 rings (SSSR count). The van der Waals surface area contributed by atoms with Crippen molar-refractivity contribution in [2.45, 2.75) is 26.7 Å². The normalized spacial score (nSPS) is 11.2. The molecule has 0 spiro atoms. The van der Waals surface area contributed by atoms with Crippen LogP contribution in [0.1, 0.15) is 30.3 Å². The van der Waals surface area contributed by atoms with Gasteiger partial charge in [-0.3, -0.25) is 9.59 Å². The highest BCUT2D eigenvalue weighted by Crippen LogP contribution is 2.34. The van der Waals surface area contributed by atoms with Crippen LogP contribution in [-0.2, 0) is 11.2 Å². The minimum Gasteiger partial charge on any atom is -0.493 e. The molecule has 0 radical (unpaired) electrons. The van der Waals surface area contributed by atoms with Gasteiger partial charge in [0.25, 0.3) is 11.5 Å². The zero-order valence-electron chi connectivity index (χ0n) is 21.1. The minimum absolute atomic E-state index is 0.266. The van der Waals surface area contributed by atoms with Crippen LogP contribution in [0.2, 0.25) is 5.02 Å². The van der Waals surface area contributed by atoms with E-state index in [4.69, 9.17) is 21.1 Å². The van der Waals surface area contributed by atoms with Gasteiger partial charge in [0.05, 0.1) is 24.2 Å². The van der Waals surface area contributed by atoms with Crippen LogP contribution in [0, 0.1) is 6.92 Å². The van der Waals surface area contributed by atoms with Crippen LogP contribution in [0.3, 0.4) is 0 Å². The number of rotatable bonds is 9. The molecule has 0 aliphatic heterocycles. The van der Waals surface area contributed by atoms with E-state index in [0.717, 1.165) is 16.5 Å². The van der Waals surface area contributed by atoms with Gasteiger partial charge in [-0.2, -0.15) is 9.78 Å². The zero-order valence-corrected chi connectivity index (χ0v) is 23.5. The molecule has 10 heteroatoms. The van der Waals surface area contributed by atoms with Gasteiger partial charge in [0.1, 0.15) is 5.82 Å². The van der Waals surface area contributed by atoms with Crippen molar-refractivity contribution in [1.82, 2.24) is 9.66 Å². The molecular weight excluding hydrogens is 572 g/mol. The first-order chi connectivity index (χ1) is 18.3. The molecule has 0 bridgehead atoms. The molecule has 0 saturated carbocycles. The summed E-state index contributed by atoms with van der Waals surface area (Å²) in [6.45, 7) is 3.63. The third-order valence-corrected chi connectivity index (χ3v) is 6.41. The molecule has 1 N–H and O–H groups in total. The Bertz CT molecular complexity index is 1590. The van der Waals surface area contributed by atoms with E-state index in [0.29, 0.717) is 45.2 Å². The van der Waals surface area contributed by atoms with E-state index in [1.165, 1.54) is 18.0 Å². The number of hydrogen-bond acceptors (Lipinski definition) is 6. The standard InChI is InChI=1S/C28H26BrClN4O4/c1-4-7-25-32-23-11-10-19(29)13-21(23)28(36)34(25)31-15-18-12-20(30)14-24(37-3)27(18)38-16-26(35)33-22-9-6-5-8-17(22)2/h5-6,8-15H,4,7,16H2,1-3H3,(H,33,35). The highest BCUT2D eigenvalue weighted by atomic mass is 79.9. The molecule has 1 amide bonds. The molecule has 196 valence electrons. The number of ether oxygens (including phenoxy) is 2. The van der Waals surface area contributed by atoms with Crippen LogP contribution in [0.25, 0.3) is 10.9 Å². The van der Waals surface area contributed by atoms with Crippen molar-refractivity contribution in [3.8, 4) is 11.5 Å². The Balaban J connectivity index is 1.69. The number of amides is 1. The van der Waals surface area contributed by atoms with Gasteiger partial charge in [-0.1, -0.05) is 52.7 Å². The first-order valence-corrected chi connectivity index (χ1v) is 13.1. The molecule has 0 unspecified atom stereocenters. The van der Waals surface area contributed by atoms with E-state index in [-0.39, 0.29) is 23.8 Å². The van der Waals surface area contributed by atoms with Crippen molar-refractivity contribution in [3.05, 3.63) is 91.4 Å². The third-order valence-electron chi connectivity index (χ3n) is 5.70. The van der Waals surface area contributed by atoms with Gasteiger partial charge in [0.2, 0.25) is 0 Å². The number of aromatic nitrogens is 2. The molecule has 4 aromatic rings. The Hall–Kier alpha value is -3.69. The maximum atomic E-state index is 13.3. The molecule has 8 nitrogen and oxygen atoms in total. The largest absolute Gasteiger partial charge is 0.493 e. The maximum absolute atomic E-state index is 13.3. The molecule has 0 aliphatic rings. The fraction of sp³-hybridized carbons (Fsp3) is 0.214. The number of para-hydroxylation sites is 1. The quantitative estimate of drug-likeness (QED) is 0.240. The van der Waals surface area contributed by atoms with Gasteiger partial charge >= 0.3 is 0 Å². The van der Waals surface area contributed by atoms with E-state index < -0.39 is 0 Å². The van der Waals surface area contributed by atoms with Crippen molar-refractivity contribution in [1.29, 1.82) is 0 Å². The van der Waals surface area contributed by atoms with Crippen molar-refractivity contribution < 1.29 is 14.3 Å². The molecular formula is C28H26BrClN4O4. The molecule has 3 aromatic carbocycles. The van der Waals surface area contributed by atoms with Crippen molar-refractivity contribution in [2.24, 2.45) is 5.10 Å². The zero-order chi connectivity index (χ0) is 27.2. The molecule has 38 heavy (non-hydrogen) atoms. The lowest BCUT2D eigenvalue weighted by Gasteiger charge is -2.15. The summed E-state index contributed by atoms with van der Waals surface area (Å²) in [6.07, 6.45) is 2.79. The van der Waals surface area contributed by atoms with Crippen LogP contribution in [0.4, 0.5) is 5.69 Å². The molecule has 0 aliphatic carbocycles. The Kier molecular flexibility index (Phi) is 8.81. The van der Waals surface area contributed by atoms with Gasteiger partial charge in [-0.15, -0.1) is 0 Å². The van der Waals surface area contributed by atoms with E-state index >= 15 is 0 Å². The number of methoxy groups -OCH3 is 1. The second kappa shape index (κ2) is 12.2. The minimum atomic E-state index is -0.343. The Morgan fingerprint density at radius 2 is 2.00 bits per heavy atom. The topological polar surface area (TPSA) is 94.8 Å². The van der Waals surface area contributed by atoms with Crippen LogP contribution in [-0.4, -0.2) is 35.5 Å². The fourth-order valence-corrected chi connectivity index (χ4v) is 4.42. The maximum Gasteiger partial charge on any atom is 0.282 e. The van der Waals surface area contributed by atoms with Gasteiger partial charge < -0.3 is 14.8 Å². The molecule has 1 aromatic heterocycles. The number of anilines is 1. The fourth-order valence-electron chi connectivity index (χ4n) is 3.85. The van der Waals surface area contributed by atoms with Gasteiger partial charge in [0, 0.05) is 33.2 Å². The molecule has 0 atom stereocenters. The number of carbonyl (C=O) groups is 1. The van der Waals surface area contributed by atoms with Crippen LogP contribution < -0.4 is 20.3 Å². The van der Waals surface area contributed by atoms with Crippen molar-refractivity contribution in [2.75, 3.05) is 19.0 Å². The molecule has 0 fully saturated rings. The molecule has 1 heterocycles. The lowest BCUT2D eigenvalue weighted by Crippen LogP contribution is -2.23. The summed E-state index contributed by atoms with van der Waals surface area (Å²) in [5.41, 5.74) is 2.36. The summed E-state index contributed by atoms with van der Waals surface area (Å²) in [7, 11) is 1.47. The van der Waals surface area contributed by atoms with E-state index in [1.807, 2.05) is 44.2 Å². The number of nitrogens with one attached hydrogen (secondary N) is 1. The highest BCUT2D eigenvalue weighted by Gasteiger charge is 2.16. The summed E-state index contributed by atoms with van der Waals surface area (Å²) in [5.74, 6) is 0.772. The Morgan fingerprint density at radius 3 is 2.74 bits per heavy atom. The number of hydrogen-bond donors (Lipinski definition) is 1. The second-order valence-electron chi connectivity index (χ2n) is 8.48. The van der Waals surface area contributed by atoms with Crippen molar-refractivity contribution in [3.63, 3.8) is 0 Å². The summed E-state index contributed by atoms with van der Waals surface area (Å²) >= 11 is 9.73. The van der Waals surface area contributed by atoms with Gasteiger partial charge in [-0.05, 0) is 49.2 Å². The lowest BCUT2D eigenvalue weighted by atomic mass is 10.2. The predicted molar refractivity (Wildman–Crippen MR) is 154 cm³/mol. The smallest absolute Gasteiger partial charge is 0.282 e. The van der Waals surface area contributed by atoms with E-state index in [1.54, 1.807) is 24.3 Å². The average molecular weight is 598 g/mol. The number of nitrogens with zero attached hydrogens (tertiary/aromatic N) is 3. The first kappa shape index (κ1) is 27.3. The average Bonchev–Trinajstić information content (AvgIpc) is 2.89. The number of carbonyl (C=O) groups excluding carboxylic acids is 1.